The van der Waals surface area contributed by atoms with E-state index in [0.717, 1.165) is 6.42 Å². The molecule has 1 aromatic rings. The number of nitrogens with two attached hydrogens (primary N) is 1. The Morgan fingerprint density at radius 2 is 2.28 bits per heavy atom. The number of anilines is 1. The Labute approximate surface area is 110 Å². The molecule has 0 fully saturated rings. The third kappa shape index (κ3) is 4.05. The predicted octanol–water partition coefficient (Wildman–Crippen LogP) is 1.82. The molecule has 1 rings (SSSR count). The van der Waals surface area contributed by atoms with Crippen LogP contribution in [0.5, 0.6) is 0 Å². The number of hydrogen-bond acceptors (Lipinski definition) is 3. The molecular formula is C12H15FN2O2S. The number of rotatable bonds is 6. The zero-order valence-corrected chi connectivity index (χ0v) is 10.8. The second kappa shape index (κ2) is 7.03. The van der Waals surface area contributed by atoms with Crippen molar-refractivity contribution in [1.82, 2.24) is 0 Å². The van der Waals surface area contributed by atoms with E-state index in [-0.39, 0.29) is 28.8 Å². The minimum absolute atomic E-state index is 0.0383. The monoisotopic (exact) mass is 270 g/mol. The molecule has 0 heterocycles. The van der Waals surface area contributed by atoms with Crippen LogP contribution in [-0.4, -0.2) is 24.1 Å². The molecule has 0 radical (unpaired) electrons. The molecule has 0 aliphatic carbocycles. The first kappa shape index (κ1) is 14.5. The van der Waals surface area contributed by atoms with Gasteiger partial charge >= 0.3 is 0 Å². The lowest BCUT2D eigenvalue weighted by Gasteiger charge is -2.10. The van der Waals surface area contributed by atoms with Crippen molar-refractivity contribution in [2.75, 3.05) is 18.5 Å². The van der Waals surface area contributed by atoms with E-state index in [1.54, 1.807) is 0 Å². The molecule has 0 aliphatic heterocycles. The van der Waals surface area contributed by atoms with Gasteiger partial charge in [-0.1, -0.05) is 25.2 Å². The quantitative estimate of drug-likeness (QED) is 0.611. The van der Waals surface area contributed by atoms with Gasteiger partial charge in [-0.2, -0.15) is 0 Å². The van der Waals surface area contributed by atoms with Crippen LogP contribution >= 0.6 is 12.2 Å². The minimum atomic E-state index is -0.560. The van der Waals surface area contributed by atoms with Crippen molar-refractivity contribution in [1.29, 1.82) is 0 Å². The number of carbonyl (C=O) groups excluding carboxylic acids is 1. The van der Waals surface area contributed by atoms with Crippen LogP contribution in [-0.2, 0) is 9.53 Å². The third-order valence-corrected chi connectivity index (χ3v) is 2.32. The number of hydrogen-bond donors (Lipinski definition) is 2. The summed E-state index contributed by atoms with van der Waals surface area (Å²) in [6.07, 6.45) is 0.825. The fourth-order valence-electron chi connectivity index (χ4n) is 1.37. The Kier molecular flexibility index (Phi) is 5.67. The van der Waals surface area contributed by atoms with Gasteiger partial charge in [0.1, 0.15) is 17.4 Å². The summed E-state index contributed by atoms with van der Waals surface area (Å²) >= 11 is 4.75. The highest BCUT2D eigenvalue weighted by atomic mass is 32.1. The van der Waals surface area contributed by atoms with E-state index in [9.17, 15) is 9.18 Å². The number of nitrogens with one attached hydrogen (secondary N) is 1. The molecule has 0 unspecified atom stereocenters. The molecule has 0 aliphatic rings. The fraction of sp³-hybridized carbons (Fsp3) is 0.333. The highest BCUT2D eigenvalue weighted by molar-refractivity contribution is 7.80. The number of halogens is 1. The first-order chi connectivity index (χ1) is 8.56. The summed E-state index contributed by atoms with van der Waals surface area (Å²) in [6, 6.07) is 4.24. The largest absolute Gasteiger partial charge is 0.389 e. The number of thiocarbonyl (C=S) groups is 1. The van der Waals surface area contributed by atoms with Gasteiger partial charge in [0.05, 0.1) is 11.3 Å². The first-order valence-corrected chi connectivity index (χ1v) is 5.93. The highest BCUT2D eigenvalue weighted by Gasteiger charge is 2.13. The van der Waals surface area contributed by atoms with Crippen LogP contribution in [0, 0.1) is 5.82 Å². The Morgan fingerprint density at radius 1 is 1.56 bits per heavy atom. The van der Waals surface area contributed by atoms with E-state index in [4.69, 9.17) is 22.7 Å². The Bertz CT molecular complexity index is 452. The van der Waals surface area contributed by atoms with Gasteiger partial charge in [0.15, 0.2) is 0 Å². The molecule has 0 saturated carbocycles. The van der Waals surface area contributed by atoms with Crippen molar-refractivity contribution >= 4 is 28.8 Å². The van der Waals surface area contributed by atoms with Crippen molar-refractivity contribution in [2.24, 2.45) is 5.73 Å². The van der Waals surface area contributed by atoms with Crippen molar-refractivity contribution < 1.29 is 13.9 Å². The summed E-state index contributed by atoms with van der Waals surface area (Å²) < 4.78 is 18.6. The van der Waals surface area contributed by atoms with E-state index in [1.165, 1.54) is 18.2 Å². The SMILES string of the molecule is CCCOCC(=O)Nc1cccc(F)c1C(N)=S. The van der Waals surface area contributed by atoms with Crippen molar-refractivity contribution in [3.05, 3.63) is 29.6 Å². The molecule has 0 atom stereocenters. The highest BCUT2D eigenvalue weighted by Crippen LogP contribution is 2.18. The fourth-order valence-corrected chi connectivity index (χ4v) is 1.58. The zero-order valence-electron chi connectivity index (χ0n) is 10.0. The lowest BCUT2D eigenvalue weighted by atomic mass is 10.1. The molecule has 3 N–H and O–H groups in total. The van der Waals surface area contributed by atoms with E-state index >= 15 is 0 Å². The van der Waals surface area contributed by atoms with E-state index in [0.29, 0.717) is 6.61 Å². The predicted molar refractivity (Wildman–Crippen MR) is 72.0 cm³/mol. The molecule has 1 amide bonds. The number of benzene rings is 1. The molecule has 1 aromatic carbocycles. The van der Waals surface area contributed by atoms with Gasteiger partial charge in [-0.05, 0) is 18.6 Å². The summed E-state index contributed by atoms with van der Waals surface area (Å²) in [5, 5.41) is 2.52. The van der Waals surface area contributed by atoms with Crippen LogP contribution in [0.25, 0.3) is 0 Å². The summed E-state index contributed by atoms with van der Waals surface area (Å²) in [5.74, 6) is -0.929. The molecule has 18 heavy (non-hydrogen) atoms. The lowest BCUT2D eigenvalue weighted by molar-refractivity contribution is -0.120. The number of carbonyl (C=O) groups is 1. The minimum Gasteiger partial charge on any atom is -0.389 e. The van der Waals surface area contributed by atoms with Crippen LogP contribution in [0.3, 0.4) is 0 Å². The van der Waals surface area contributed by atoms with Crippen molar-refractivity contribution in [2.45, 2.75) is 13.3 Å². The van der Waals surface area contributed by atoms with Gasteiger partial charge in [0, 0.05) is 6.61 Å². The van der Waals surface area contributed by atoms with Crippen LogP contribution in [0.15, 0.2) is 18.2 Å². The Balaban J connectivity index is 2.75. The van der Waals surface area contributed by atoms with Gasteiger partial charge in [-0.25, -0.2) is 4.39 Å². The molecule has 0 spiro atoms. The molecular weight excluding hydrogens is 255 g/mol. The average Bonchev–Trinajstić information content (AvgIpc) is 2.28. The Morgan fingerprint density at radius 3 is 2.89 bits per heavy atom. The van der Waals surface area contributed by atoms with Crippen molar-refractivity contribution in [3.63, 3.8) is 0 Å². The van der Waals surface area contributed by atoms with Crippen LogP contribution < -0.4 is 11.1 Å². The van der Waals surface area contributed by atoms with Crippen LogP contribution in [0.4, 0.5) is 10.1 Å². The first-order valence-electron chi connectivity index (χ1n) is 5.52. The molecule has 0 bridgehead atoms. The summed E-state index contributed by atoms with van der Waals surface area (Å²) in [6.45, 7) is 2.36. The maximum Gasteiger partial charge on any atom is 0.250 e. The van der Waals surface area contributed by atoms with Gasteiger partial charge < -0.3 is 15.8 Å². The molecule has 0 saturated heterocycles. The summed E-state index contributed by atoms with van der Waals surface area (Å²) in [4.78, 5) is 11.4. The molecule has 6 heteroatoms. The summed E-state index contributed by atoms with van der Waals surface area (Å²) in [7, 11) is 0. The Hall–Kier alpha value is -1.53. The van der Waals surface area contributed by atoms with Gasteiger partial charge in [0.25, 0.3) is 0 Å². The maximum absolute atomic E-state index is 13.5. The number of ether oxygens (including phenoxy) is 1. The van der Waals surface area contributed by atoms with Crippen LogP contribution in [0.2, 0.25) is 0 Å². The van der Waals surface area contributed by atoms with E-state index in [2.05, 4.69) is 5.32 Å². The summed E-state index contributed by atoms with van der Waals surface area (Å²) in [5.41, 5.74) is 5.72. The van der Waals surface area contributed by atoms with Gasteiger partial charge in [-0.15, -0.1) is 0 Å². The molecule has 98 valence electrons. The molecule has 4 nitrogen and oxygen atoms in total. The molecule has 0 aromatic heterocycles. The van der Waals surface area contributed by atoms with Gasteiger partial charge in [0.2, 0.25) is 5.91 Å². The van der Waals surface area contributed by atoms with E-state index < -0.39 is 5.82 Å². The standard InChI is InChI=1S/C12H15FN2O2S/c1-2-6-17-7-10(16)15-9-5-3-4-8(13)11(9)12(14)18/h3-5H,2,6-7H2,1H3,(H2,14,18)(H,15,16). The zero-order chi connectivity index (χ0) is 13.5. The topological polar surface area (TPSA) is 64.3 Å². The number of amides is 1. The van der Waals surface area contributed by atoms with Crippen LogP contribution in [0.1, 0.15) is 18.9 Å². The smallest absolute Gasteiger partial charge is 0.250 e. The maximum atomic E-state index is 13.5. The second-order valence-corrected chi connectivity index (χ2v) is 4.07. The lowest BCUT2D eigenvalue weighted by Crippen LogP contribution is -2.22. The van der Waals surface area contributed by atoms with Crippen molar-refractivity contribution in [3.8, 4) is 0 Å². The second-order valence-electron chi connectivity index (χ2n) is 3.63. The van der Waals surface area contributed by atoms with Gasteiger partial charge in [-0.3, -0.25) is 4.79 Å². The average molecular weight is 270 g/mol. The van der Waals surface area contributed by atoms with E-state index in [1.807, 2.05) is 6.92 Å². The third-order valence-electron chi connectivity index (χ3n) is 2.12. The normalized spacial score (nSPS) is 10.1.